The van der Waals surface area contributed by atoms with Gasteiger partial charge < -0.3 is 20.5 Å². The molecule has 0 saturated carbocycles. The Morgan fingerprint density at radius 2 is 1.87 bits per heavy atom. The zero-order valence-electron chi connectivity index (χ0n) is 22.9. The lowest BCUT2D eigenvalue weighted by Crippen LogP contribution is -2.34. The highest BCUT2D eigenvalue weighted by Crippen LogP contribution is 2.37. The normalized spacial score (nSPS) is 14.9. The number of hydrogen-bond donors (Lipinski definition) is 3. The number of rotatable bonds is 8. The van der Waals surface area contributed by atoms with Gasteiger partial charge in [-0.25, -0.2) is 4.98 Å². The Labute approximate surface area is 223 Å². The van der Waals surface area contributed by atoms with Gasteiger partial charge in [0, 0.05) is 42.4 Å². The quantitative estimate of drug-likeness (QED) is 0.295. The molecule has 1 saturated heterocycles. The third-order valence-electron chi connectivity index (χ3n) is 7.33. The van der Waals surface area contributed by atoms with Crippen LogP contribution in [0.25, 0.3) is 11.1 Å². The highest BCUT2D eigenvalue weighted by Gasteiger charge is 2.24. The van der Waals surface area contributed by atoms with Crippen molar-refractivity contribution in [3.63, 3.8) is 0 Å². The lowest BCUT2D eigenvalue weighted by Gasteiger charge is -2.33. The van der Waals surface area contributed by atoms with E-state index in [1.165, 1.54) is 16.7 Å². The summed E-state index contributed by atoms with van der Waals surface area (Å²) >= 11 is 0. The molecule has 0 unspecified atom stereocenters. The minimum Gasteiger partial charge on any atom is -0.368 e. The van der Waals surface area contributed by atoms with Crippen LogP contribution in [-0.2, 0) is 6.42 Å². The second-order valence-electron chi connectivity index (χ2n) is 10.6. The number of anilines is 3. The molecule has 10 nitrogen and oxygen atoms in total. The molecule has 10 heteroatoms. The van der Waals surface area contributed by atoms with E-state index in [1.807, 2.05) is 13.0 Å². The summed E-state index contributed by atoms with van der Waals surface area (Å²) in [5, 5.41) is 14.6. The summed E-state index contributed by atoms with van der Waals surface area (Å²) < 4.78 is 5.42. The van der Waals surface area contributed by atoms with Gasteiger partial charge >= 0.3 is 0 Å². The molecule has 4 N–H and O–H groups in total. The van der Waals surface area contributed by atoms with Crippen molar-refractivity contribution in [3.8, 4) is 11.1 Å². The SMILES string of the molecule is Cc1cc(Nc2nc(N)ncc2-c2cc(C)c(C3CCN(CCc4nc(C(C)C)no4)CC3)cc2C)n[nH]1. The second-order valence-corrected chi connectivity index (χ2v) is 10.6. The summed E-state index contributed by atoms with van der Waals surface area (Å²) in [4.78, 5) is 15.8. The smallest absolute Gasteiger partial charge is 0.227 e. The fourth-order valence-corrected chi connectivity index (χ4v) is 5.19. The molecular weight excluding hydrogens is 478 g/mol. The molecular formula is C28H37N9O. The van der Waals surface area contributed by atoms with Gasteiger partial charge in [0.2, 0.25) is 11.8 Å². The molecule has 0 amide bonds. The van der Waals surface area contributed by atoms with E-state index in [4.69, 9.17) is 10.3 Å². The van der Waals surface area contributed by atoms with Crippen LogP contribution in [0.2, 0.25) is 0 Å². The molecule has 0 atom stereocenters. The van der Waals surface area contributed by atoms with Crippen LogP contribution in [0.4, 0.5) is 17.6 Å². The van der Waals surface area contributed by atoms with Crippen LogP contribution in [0.3, 0.4) is 0 Å². The largest absolute Gasteiger partial charge is 0.368 e. The van der Waals surface area contributed by atoms with Crippen molar-refractivity contribution in [2.45, 2.75) is 65.7 Å². The molecule has 4 aromatic rings. The van der Waals surface area contributed by atoms with Gasteiger partial charge in [0.15, 0.2) is 11.6 Å². The Hall–Kier alpha value is -3.79. The Morgan fingerprint density at radius 3 is 2.55 bits per heavy atom. The first-order chi connectivity index (χ1) is 18.3. The van der Waals surface area contributed by atoms with E-state index in [9.17, 15) is 0 Å². The molecule has 3 aromatic heterocycles. The van der Waals surface area contributed by atoms with Gasteiger partial charge in [-0.1, -0.05) is 31.1 Å². The van der Waals surface area contributed by atoms with Crippen LogP contribution in [0.1, 0.15) is 72.6 Å². The topological polar surface area (TPSA) is 135 Å². The predicted octanol–water partition coefficient (Wildman–Crippen LogP) is 5.05. The van der Waals surface area contributed by atoms with Gasteiger partial charge in [0.05, 0.1) is 0 Å². The molecule has 0 aliphatic carbocycles. The molecule has 1 aromatic carbocycles. The highest BCUT2D eigenvalue weighted by atomic mass is 16.5. The molecule has 0 radical (unpaired) electrons. The molecule has 1 fully saturated rings. The summed E-state index contributed by atoms with van der Waals surface area (Å²) in [5.41, 5.74) is 12.8. The first-order valence-corrected chi connectivity index (χ1v) is 13.3. The Bertz CT molecular complexity index is 1400. The number of benzene rings is 1. The zero-order valence-corrected chi connectivity index (χ0v) is 22.9. The van der Waals surface area contributed by atoms with E-state index in [2.05, 4.69) is 80.4 Å². The summed E-state index contributed by atoms with van der Waals surface area (Å²) in [6, 6.07) is 6.53. The number of nitrogens with zero attached hydrogens (tertiary/aromatic N) is 6. The molecule has 0 bridgehead atoms. The van der Waals surface area contributed by atoms with Crippen molar-refractivity contribution < 1.29 is 4.52 Å². The number of aromatic nitrogens is 6. The van der Waals surface area contributed by atoms with Gasteiger partial charge in [-0.15, -0.1) is 0 Å². The van der Waals surface area contributed by atoms with Crippen molar-refractivity contribution in [1.82, 2.24) is 35.2 Å². The number of nitrogens with two attached hydrogens (primary N) is 1. The molecule has 1 aliphatic heterocycles. The summed E-state index contributed by atoms with van der Waals surface area (Å²) in [6.45, 7) is 13.6. The van der Waals surface area contributed by atoms with E-state index in [-0.39, 0.29) is 11.9 Å². The van der Waals surface area contributed by atoms with E-state index in [1.54, 1.807) is 6.20 Å². The number of nitrogen functional groups attached to an aromatic ring is 1. The number of nitrogens with one attached hydrogen (secondary N) is 2. The standard InChI is InChI=1S/C28H37N9O/c1-16(2)26-32-25(38-36-26)8-11-37-9-6-20(7-10-37)21-12-18(4)22(13-17(21)3)23-15-30-28(29)33-27(23)31-24-14-19(5)34-35-24/h12-16,20H,6-11H2,1-5H3,(H4,29,30,31,33,34,35). The minimum absolute atomic E-state index is 0.223. The van der Waals surface area contributed by atoms with Gasteiger partial charge in [0.25, 0.3) is 0 Å². The fourth-order valence-electron chi connectivity index (χ4n) is 5.19. The molecule has 38 heavy (non-hydrogen) atoms. The predicted molar refractivity (Wildman–Crippen MR) is 148 cm³/mol. The van der Waals surface area contributed by atoms with E-state index >= 15 is 0 Å². The van der Waals surface area contributed by atoms with Gasteiger partial charge in [-0.05, 0) is 74.9 Å². The number of likely N-dealkylation sites (tertiary alicyclic amines) is 1. The average molecular weight is 516 g/mol. The molecule has 5 rings (SSSR count). The molecule has 4 heterocycles. The fraction of sp³-hybridized carbons (Fsp3) is 0.464. The van der Waals surface area contributed by atoms with Crippen LogP contribution in [0.5, 0.6) is 0 Å². The maximum atomic E-state index is 5.93. The van der Waals surface area contributed by atoms with E-state index in [0.717, 1.165) is 67.4 Å². The van der Waals surface area contributed by atoms with Gasteiger partial charge in [-0.3, -0.25) is 5.10 Å². The Morgan fingerprint density at radius 1 is 1.08 bits per heavy atom. The Kier molecular flexibility index (Phi) is 7.42. The number of aryl methyl sites for hydroxylation is 3. The molecule has 1 aliphatic rings. The monoisotopic (exact) mass is 515 g/mol. The van der Waals surface area contributed by atoms with E-state index in [0.29, 0.717) is 17.6 Å². The molecule has 200 valence electrons. The summed E-state index contributed by atoms with van der Waals surface area (Å²) in [5.74, 6) is 3.92. The zero-order chi connectivity index (χ0) is 26.8. The number of hydrogen-bond acceptors (Lipinski definition) is 9. The summed E-state index contributed by atoms with van der Waals surface area (Å²) in [7, 11) is 0. The van der Waals surface area contributed by atoms with Crippen LogP contribution < -0.4 is 11.1 Å². The van der Waals surface area contributed by atoms with Crippen molar-refractivity contribution in [1.29, 1.82) is 0 Å². The minimum atomic E-state index is 0.223. The highest BCUT2D eigenvalue weighted by molar-refractivity contribution is 5.80. The first-order valence-electron chi connectivity index (χ1n) is 13.3. The number of piperidine rings is 1. The van der Waals surface area contributed by atoms with Crippen LogP contribution in [-0.4, -0.2) is 54.8 Å². The van der Waals surface area contributed by atoms with Crippen molar-refractivity contribution in [2.24, 2.45) is 0 Å². The average Bonchev–Trinajstić information content (AvgIpc) is 3.54. The lowest BCUT2D eigenvalue weighted by atomic mass is 9.84. The Balaban J connectivity index is 1.27. The first kappa shape index (κ1) is 25.8. The van der Waals surface area contributed by atoms with Crippen LogP contribution in [0, 0.1) is 20.8 Å². The van der Waals surface area contributed by atoms with Gasteiger partial charge in [-0.2, -0.15) is 15.1 Å². The van der Waals surface area contributed by atoms with Crippen molar-refractivity contribution in [3.05, 3.63) is 58.5 Å². The lowest BCUT2D eigenvalue weighted by molar-refractivity contribution is 0.207. The van der Waals surface area contributed by atoms with Gasteiger partial charge in [0.1, 0.15) is 5.82 Å². The second kappa shape index (κ2) is 10.9. The molecule has 0 spiro atoms. The van der Waals surface area contributed by atoms with Crippen LogP contribution >= 0.6 is 0 Å². The maximum Gasteiger partial charge on any atom is 0.227 e. The summed E-state index contributed by atoms with van der Waals surface area (Å²) in [6.07, 6.45) is 4.86. The van der Waals surface area contributed by atoms with Crippen molar-refractivity contribution >= 4 is 17.6 Å². The number of H-pyrrole nitrogens is 1. The third kappa shape index (κ3) is 5.70. The maximum absolute atomic E-state index is 5.93. The number of aromatic amines is 1. The third-order valence-corrected chi connectivity index (χ3v) is 7.33. The van der Waals surface area contributed by atoms with E-state index < -0.39 is 0 Å². The van der Waals surface area contributed by atoms with Crippen molar-refractivity contribution in [2.75, 3.05) is 30.7 Å². The van der Waals surface area contributed by atoms with Crippen LogP contribution in [0.15, 0.2) is 28.9 Å².